The largest absolute Gasteiger partial charge is 0.310 e. The molecule has 0 aliphatic heterocycles. The van der Waals surface area contributed by atoms with E-state index in [9.17, 15) is 0 Å². The number of fused-ring (bicyclic) bond motifs is 26. The Morgan fingerprint density at radius 2 is 0.407 bits per heavy atom. The predicted molar refractivity (Wildman–Crippen MR) is 491 cm³/mol. The van der Waals surface area contributed by atoms with Crippen LogP contribution >= 0.6 is 0 Å². The third-order valence-corrected chi connectivity index (χ3v) is 27.5. The van der Waals surface area contributed by atoms with Crippen molar-refractivity contribution in [2.45, 2.75) is 49.4 Å². The normalized spacial score (nSPS) is 14.4. The molecule has 0 atom stereocenters. The Labute approximate surface area is 690 Å². The topological polar surface area (TPSA) is 6.48 Å². The second-order valence-electron chi connectivity index (χ2n) is 34.1. The van der Waals surface area contributed by atoms with Crippen molar-refractivity contribution in [1.82, 2.24) is 0 Å². The zero-order chi connectivity index (χ0) is 78.3. The van der Waals surface area contributed by atoms with E-state index in [1.165, 1.54) is 156 Å². The molecule has 554 valence electrons. The van der Waals surface area contributed by atoms with Crippen LogP contribution in [0.15, 0.2) is 413 Å². The van der Waals surface area contributed by atoms with Crippen LogP contribution in [0.1, 0.15) is 94.5 Å². The average Bonchev–Trinajstić information content (AvgIpc) is 1.51. The monoisotopic (exact) mass is 1500 g/mol. The summed E-state index contributed by atoms with van der Waals surface area (Å²) >= 11 is 0. The number of anilines is 6. The Morgan fingerprint density at radius 3 is 0.822 bits per heavy atom. The zero-order valence-corrected chi connectivity index (χ0v) is 66.2. The first-order valence-electron chi connectivity index (χ1n) is 41.6. The van der Waals surface area contributed by atoms with Crippen molar-refractivity contribution < 1.29 is 0 Å². The quantitative estimate of drug-likeness (QED) is 0.127. The average molecular weight is 1500 g/mol. The van der Waals surface area contributed by atoms with Gasteiger partial charge in [0.05, 0.1) is 16.5 Å². The van der Waals surface area contributed by atoms with Crippen LogP contribution in [0.2, 0.25) is 0 Å². The maximum absolute atomic E-state index is 2.56. The molecule has 0 fully saturated rings. The summed E-state index contributed by atoms with van der Waals surface area (Å²) in [5, 5.41) is 0. The van der Waals surface area contributed by atoms with Crippen molar-refractivity contribution in [3.63, 3.8) is 0 Å². The van der Waals surface area contributed by atoms with Gasteiger partial charge in [0.15, 0.2) is 0 Å². The third-order valence-electron chi connectivity index (χ3n) is 27.5. The fourth-order valence-corrected chi connectivity index (χ4v) is 22.1. The molecule has 2 nitrogen and oxygen atoms in total. The van der Waals surface area contributed by atoms with Gasteiger partial charge in [0.2, 0.25) is 0 Å². The fourth-order valence-electron chi connectivity index (χ4n) is 22.1. The van der Waals surface area contributed by atoms with Crippen molar-refractivity contribution in [3.8, 4) is 122 Å². The number of nitrogens with zero attached hydrogens (tertiary/aromatic N) is 2. The van der Waals surface area contributed by atoms with Crippen LogP contribution in [0.25, 0.3) is 122 Å². The molecule has 0 aromatic heterocycles. The van der Waals surface area contributed by atoms with Crippen LogP contribution in [0, 0.1) is 0 Å². The first kappa shape index (κ1) is 68.0. The lowest BCUT2D eigenvalue weighted by Crippen LogP contribution is -2.26. The van der Waals surface area contributed by atoms with E-state index in [0.29, 0.717) is 0 Å². The van der Waals surface area contributed by atoms with E-state index in [-0.39, 0.29) is 10.8 Å². The van der Waals surface area contributed by atoms with Gasteiger partial charge in [-0.2, -0.15) is 0 Å². The maximum Gasteiger partial charge on any atom is 0.0726 e. The zero-order valence-electron chi connectivity index (χ0n) is 66.2. The van der Waals surface area contributed by atoms with Crippen molar-refractivity contribution >= 4 is 34.1 Å². The van der Waals surface area contributed by atoms with Gasteiger partial charge in [-0.05, 0) is 269 Å². The molecule has 18 aromatic carbocycles. The smallest absolute Gasteiger partial charge is 0.0726 e. The van der Waals surface area contributed by atoms with Crippen molar-refractivity contribution in [3.05, 3.63) is 479 Å². The van der Waals surface area contributed by atoms with Gasteiger partial charge in [-0.3, -0.25) is 0 Å². The molecule has 2 spiro atoms. The van der Waals surface area contributed by atoms with E-state index in [1.807, 2.05) is 0 Å². The van der Waals surface area contributed by atoms with Gasteiger partial charge in [0.25, 0.3) is 0 Å². The van der Waals surface area contributed by atoms with Gasteiger partial charge >= 0.3 is 0 Å². The third kappa shape index (κ3) is 9.63. The van der Waals surface area contributed by atoms with E-state index in [0.717, 1.165) is 67.5 Å². The van der Waals surface area contributed by atoms with E-state index >= 15 is 0 Å². The molecule has 2 heteroatoms. The SMILES string of the molecule is CC1(C)c2ccccc2-c2ccc(N(c3cc(-c4ccccc4)cc(-c4ccc(-c5ccc6c(c5)C(C)(C)c5cc(N(c7ccc8c(c7)C7(c9ccccc9-c9ccccc97)c7ccccc7-8)c7ccc(-c8ccccc8)cc7-c7ccccc7)ccc5-6)cc4)c3)c3ccc4c(c3)C3(c5ccccc5-c5ccccc53)c3ccccc3-4)cc21. The molecular formula is C116H80N2. The van der Waals surface area contributed by atoms with Crippen LogP contribution in [0.3, 0.4) is 0 Å². The van der Waals surface area contributed by atoms with Gasteiger partial charge in [0, 0.05) is 44.8 Å². The lowest BCUT2D eigenvalue weighted by molar-refractivity contribution is 0.660. The molecule has 0 saturated carbocycles. The predicted octanol–water partition coefficient (Wildman–Crippen LogP) is 30.3. The molecule has 6 aliphatic carbocycles. The molecule has 0 unspecified atom stereocenters. The summed E-state index contributed by atoms with van der Waals surface area (Å²) in [7, 11) is 0. The molecular weight excluding hydrogens is 1420 g/mol. The minimum Gasteiger partial charge on any atom is -0.310 e. The summed E-state index contributed by atoms with van der Waals surface area (Å²) in [6, 6.07) is 157. The molecule has 6 aliphatic rings. The van der Waals surface area contributed by atoms with Crippen LogP contribution in [0.5, 0.6) is 0 Å². The molecule has 0 bridgehead atoms. The number of hydrogen-bond acceptors (Lipinski definition) is 2. The summed E-state index contributed by atoms with van der Waals surface area (Å²) in [6.45, 7) is 9.66. The van der Waals surface area contributed by atoms with Gasteiger partial charge in [-0.15, -0.1) is 0 Å². The Balaban J connectivity index is 0.628. The van der Waals surface area contributed by atoms with E-state index in [2.05, 4.69) is 450 Å². The Kier molecular flexibility index (Phi) is 14.7. The van der Waals surface area contributed by atoms with Crippen LogP contribution in [-0.4, -0.2) is 0 Å². The molecule has 0 amide bonds. The Hall–Kier alpha value is -14.4. The minimum absolute atomic E-state index is 0.219. The summed E-state index contributed by atoms with van der Waals surface area (Å²) in [5.41, 5.74) is 48.0. The van der Waals surface area contributed by atoms with E-state index in [4.69, 9.17) is 0 Å². The first-order valence-corrected chi connectivity index (χ1v) is 41.6. The van der Waals surface area contributed by atoms with Gasteiger partial charge in [0.1, 0.15) is 0 Å². The molecule has 0 saturated heterocycles. The van der Waals surface area contributed by atoms with Crippen molar-refractivity contribution in [2.24, 2.45) is 0 Å². The van der Waals surface area contributed by atoms with Gasteiger partial charge in [-0.1, -0.05) is 355 Å². The molecule has 0 radical (unpaired) electrons. The summed E-state index contributed by atoms with van der Waals surface area (Å²) in [4.78, 5) is 5.12. The standard InChI is InChI=1S/C116H80N2/c1-113(2)100-41-21-14-34-87(100)95-59-54-82(69-108(95)113)117(83-55-61-97-92-39-19-26-46-105(92)115(110(97)71-83)101-42-22-15-35-88(101)89-36-16-23-43-102(89)115)86-65-80(74-30-10-6-11-31-74)64-81(66-86)76-50-48-75(49-51-76)79-52-58-94-96-60-56-84(70-109(96)114(3,4)107(94)68-79)118(112-63-53-78(73-28-8-5-9-29-73)67-99(112)77-32-12-7-13-33-77)85-57-62-98-93-40-20-27-47-106(93)116(111(98)72-85)103-44-24-17-37-90(103)91-38-18-25-45-104(91)116/h5-72H,1-4H3. The molecule has 0 heterocycles. The number of benzene rings is 18. The first-order chi connectivity index (χ1) is 58.0. The lowest BCUT2D eigenvalue weighted by atomic mass is 9.70. The highest BCUT2D eigenvalue weighted by molar-refractivity contribution is 6.01. The van der Waals surface area contributed by atoms with E-state index in [1.54, 1.807) is 0 Å². The fraction of sp³-hybridized carbons (Fsp3) is 0.0690. The second-order valence-corrected chi connectivity index (χ2v) is 34.1. The van der Waals surface area contributed by atoms with Crippen molar-refractivity contribution in [2.75, 3.05) is 9.80 Å². The maximum atomic E-state index is 2.56. The highest BCUT2D eigenvalue weighted by Gasteiger charge is 2.54. The van der Waals surface area contributed by atoms with Crippen LogP contribution < -0.4 is 9.80 Å². The van der Waals surface area contributed by atoms with Gasteiger partial charge in [-0.25, -0.2) is 0 Å². The molecule has 0 N–H and O–H groups in total. The minimum atomic E-state index is -0.518. The molecule has 24 rings (SSSR count). The summed E-state index contributed by atoms with van der Waals surface area (Å²) in [5.74, 6) is 0. The summed E-state index contributed by atoms with van der Waals surface area (Å²) < 4.78 is 0. The van der Waals surface area contributed by atoms with Crippen LogP contribution in [-0.2, 0) is 21.7 Å². The molecule has 118 heavy (non-hydrogen) atoms. The van der Waals surface area contributed by atoms with Crippen LogP contribution in [0.4, 0.5) is 34.1 Å². The summed E-state index contributed by atoms with van der Waals surface area (Å²) in [6.07, 6.45) is 0. The Bertz CT molecular complexity index is 7110. The van der Waals surface area contributed by atoms with E-state index < -0.39 is 10.8 Å². The highest BCUT2D eigenvalue weighted by Crippen LogP contribution is 2.67. The highest BCUT2D eigenvalue weighted by atomic mass is 15.2. The number of rotatable bonds is 11. The molecule has 18 aromatic rings. The van der Waals surface area contributed by atoms with Crippen molar-refractivity contribution in [1.29, 1.82) is 0 Å². The Morgan fingerprint density at radius 1 is 0.144 bits per heavy atom. The second kappa shape index (κ2) is 25.5. The van der Waals surface area contributed by atoms with Gasteiger partial charge < -0.3 is 9.80 Å². The lowest BCUT2D eigenvalue weighted by Gasteiger charge is -2.33. The number of hydrogen-bond donors (Lipinski definition) is 0.